The number of aliphatic hydroxyl groups excluding tert-OH is 1. The number of sulfone groups is 1. The molecule has 0 saturated heterocycles. The molecule has 1 N–H and O–H groups in total. The Balaban J connectivity index is 2.99. The lowest BCUT2D eigenvalue weighted by Crippen LogP contribution is -1.99. The molecule has 5 heteroatoms. The van der Waals surface area contributed by atoms with Gasteiger partial charge < -0.3 is 5.11 Å². The summed E-state index contributed by atoms with van der Waals surface area (Å²) in [5.41, 5.74) is 0.932. The maximum atomic E-state index is 11.3. The number of aliphatic hydroxyl groups is 1. The van der Waals surface area contributed by atoms with Crippen molar-refractivity contribution in [3.05, 3.63) is 28.8 Å². The fourth-order valence-electron chi connectivity index (χ4n) is 1.28. The molecule has 1 aromatic rings. The van der Waals surface area contributed by atoms with E-state index in [-0.39, 0.29) is 16.5 Å². The van der Waals surface area contributed by atoms with Crippen LogP contribution in [-0.4, -0.2) is 26.4 Å². The molecular weight excluding hydrogens is 236 g/mol. The summed E-state index contributed by atoms with van der Waals surface area (Å²) < 4.78 is 22.5. The number of aryl methyl sites for hydroxylation is 1. The first-order chi connectivity index (χ1) is 6.95. The number of hydrogen-bond donors (Lipinski definition) is 1. The van der Waals surface area contributed by atoms with Gasteiger partial charge in [0.05, 0.1) is 9.92 Å². The average Bonchev–Trinajstić information content (AvgIpc) is 2.12. The first-order valence-corrected chi connectivity index (χ1v) is 6.81. The van der Waals surface area contributed by atoms with Gasteiger partial charge in [-0.15, -0.1) is 0 Å². The largest absolute Gasteiger partial charge is 0.396 e. The second-order valence-electron chi connectivity index (χ2n) is 3.36. The van der Waals surface area contributed by atoms with E-state index in [1.807, 2.05) is 0 Å². The van der Waals surface area contributed by atoms with Crippen molar-refractivity contribution in [1.29, 1.82) is 0 Å². The topological polar surface area (TPSA) is 54.4 Å². The van der Waals surface area contributed by atoms with Crippen molar-refractivity contribution in [2.24, 2.45) is 0 Å². The smallest absolute Gasteiger partial charge is 0.176 e. The highest BCUT2D eigenvalue weighted by atomic mass is 35.5. The zero-order valence-corrected chi connectivity index (χ0v) is 9.98. The standard InChI is InChI=1S/C10H13ClO3S/c1-15(13,14)10-5-4-8(3-2-6-12)7-9(10)11/h4-5,7,12H,2-3,6H2,1H3. The van der Waals surface area contributed by atoms with Gasteiger partial charge >= 0.3 is 0 Å². The zero-order valence-electron chi connectivity index (χ0n) is 8.40. The van der Waals surface area contributed by atoms with Crippen molar-refractivity contribution in [3.63, 3.8) is 0 Å². The molecule has 0 aliphatic carbocycles. The summed E-state index contributed by atoms with van der Waals surface area (Å²) in [6.45, 7) is 0.117. The van der Waals surface area contributed by atoms with E-state index >= 15 is 0 Å². The van der Waals surface area contributed by atoms with E-state index in [0.29, 0.717) is 12.8 Å². The molecule has 0 fully saturated rings. The van der Waals surface area contributed by atoms with Crippen molar-refractivity contribution in [1.82, 2.24) is 0 Å². The molecule has 0 radical (unpaired) electrons. The van der Waals surface area contributed by atoms with Gasteiger partial charge in [-0.1, -0.05) is 17.7 Å². The summed E-state index contributed by atoms with van der Waals surface area (Å²) in [6.07, 6.45) is 2.47. The SMILES string of the molecule is CS(=O)(=O)c1ccc(CCCO)cc1Cl. The Hall–Kier alpha value is -0.580. The molecule has 15 heavy (non-hydrogen) atoms. The van der Waals surface area contributed by atoms with Gasteiger partial charge in [0.25, 0.3) is 0 Å². The number of halogens is 1. The Labute approximate surface area is 94.6 Å². The normalized spacial score (nSPS) is 11.7. The van der Waals surface area contributed by atoms with Gasteiger partial charge in [0, 0.05) is 12.9 Å². The molecule has 0 aromatic heterocycles. The Bertz CT molecular complexity index is 440. The lowest BCUT2D eigenvalue weighted by Gasteiger charge is -2.04. The second kappa shape index (κ2) is 4.96. The van der Waals surface area contributed by atoms with E-state index < -0.39 is 9.84 Å². The molecule has 0 aliphatic heterocycles. The van der Waals surface area contributed by atoms with E-state index in [4.69, 9.17) is 16.7 Å². The third-order valence-electron chi connectivity index (χ3n) is 2.02. The monoisotopic (exact) mass is 248 g/mol. The number of hydrogen-bond acceptors (Lipinski definition) is 3. The Morgan fingerprint density at radius 3 is 2.53 bits per heavy atom. The van der Waals surface area contributed by atoms with Gasteiger partial charge in [-0.05, 0) is 30.5 Å². The van der Waals surface area contributed by atoms with Crippen LogP contribution in [0.25, 0.3) is 0 Å². The Kier molecular flexibility index (Phi) is 4.13. The molecule has 1 aromatic carbocycles. The average molecular weight is 249 g/mol. The summed E-state index contributed by atoms with van der Waals surface area (Å²) >= 11 is 5.85. The van der Waals surface area contributed by atoms with Crippen LogP contribution >= 0.6 is 11.6 Å². The fourth-order valence-corrected chi connectivity index (χ4v) is 2.64. The van der Waals surface area contributed by atoms with Gasteiger partial charge in [-0.3, -0.25) is 0 Å². The summed E-state index contributed by atoms with van der Waals surface area (Å²) in [6, 6.07) is 4.86. The van der Waals surface area contributed by atoms with Crippen molar-refractivity contribution in [3.8, 4) is 0 Å². The molecule has 0 aliphatic rings. The molecule has 84 valence electrons. The van der Waals surface area contributed by atoms with Crippen LogP contribution in [0.4, 0.5) is 0 Å². The number of benzene rings is 1. The number of rotatable bonds is 4. The molecule has 1 rings (SSSR count). The van der Waals surface area contributed by atoms with E-state index in [2.05, 4.69) is 0 Å². The van der Waals surface area contributed by atoms with Crippen LogP contribution < -0.4 is 0 Å². The minimum atomic E-state index is -3.25. The highest BCUT2D eigenvalue weighted by molar-refractivity contribution is 7.90. The van der Waals surface area contributed by atoms with Crippen LogP contribution in [0.2, 0.25) is 5.02 Å². The van der Waals surface area contributed by atoms with Crippen molar-refractivity contribution >= 4 is 21.4 Å². The Morgan fingerprint density at radius 2 is 2.07 bits per heavy atom. The van der Waals surface area contributed by atoms with Crippen molar-refractivity contribution in [2.45, 2.75) is 17.7 Å². The van der Waals surface area contributed by atoms with Crippen LogP contribution in [-0.2, 0) is 16.3 Å². The second-order valence-corrected chi connectivity index (χ2v) is 5.76. The lowest BCUT2D eigenvalue weighted by atomic mass is 10.1. The first-order valence-electron chi connectivity index (χ1n) is 4.54. The van der Waals surface area contributed by atoms with Crippen LogP contribution in [0.3, 0.4) is 0 Å². The molecule has 0 bridgehead atoms. The summed E-state index contributed by atoms with van der Waals surface area (Å²) in [4.78, 5) is 0.150. The predicted octanol–water partition coefficient (Wildman–Crippen LogP) is 1.67. The quantitative estimate of drug-likeness (QED) is 0.882. The van der Waals surface area contributed by atoms with E-state index in [1.54, 1.807) is 12.1 Å². The van der Waals surface area contributed by atoms with Crippen LogP contribution in [0, 0.1) is 0 Å². The van der Waals surface area contributed by atoms with Crippen LogP contribution in [0.1, 0.15) is 12.0 Å². The minimum absolute atomic E-state index is 0.117. The third-order valence-corrected chi connectivity index (χ3v) is 3.60. The highest BCUT2D eigenvalue weighted by Crippen LogP contribution is 2.23. The molecular formula is C10H13ClO3S. The summed E-state index contributed by atoms with van der Waals surface area (Å²) in [7, 11) is -3.25. The zero-order chi connectivity index (χ0) is 11.5. The predicted molar refractivity (Wildman–Crippen MR) is 60.0 cm³/mol. The van der Waals surface area contributed by atoms with E-state index in [0.717, 1.165) is 11.8 Å². The lowest BCUT2D eigenvalue weighted by molar-refractivity contribution is 0.288. The Morgan fingerprint density at radius 1 is 1.40 bits per heavy atom. The van der Waals surface area contributed by atoms with E-state index in [1.165, 1.54) is 6.07 Å². The maximum Gasteiger partial charge on any atom is 0.176 e. The summed E-state index contributed by atoms with van der Waals surface area (Å²) in [5, 5.41) is 8.90. The van der Waals surface area contributed by atoms with Crippen LogP contribution in [0.5, 0.6) is 0 Å². The molecule has 0 atom stereocenters. The van der Waals surface area contributed by atoms with Gasteiger partial charge in [0.1, 0.15) is 0 Å². The maximum absolute atomic E-state index is 11.3. The van der Waals surface area contributed by atoms with Crippen LogP contribution in [0.15, 0.2) is 23.1 Å². The first kappa shape index (κ1) is 12.5. The van der Waals surface area contributed by atoms with E-state index in [9.17, 15) is 8.42 Å². The van der Waals surface area contributed by atoms with Gasteiger partial charge in [-0.2, -0.15) is 0 Å². The molecule has 0 saturated carbocycles. The third kappa shape index (κ3) is 3.48. The highest BCUT2D eigenvalue weighted by Gasteiger charge is 2.11. The van der Waals surface area contributed by atoms with Gasteiger partial charge in [-0.25, -0.2) is 8.42 Å². The molecule has 0 spiro atoms. The summed E-state index contributed by atoms with van der Waals surface area (Å²) in [5.74, 6) is 0. The fraction of sp³-hybridized carbons (Fsp3) is 0.400. The van der Waals surface area contributed by atoms with Crippen molar-refractivity contribution < 1.29 is 13.5 Å². The van der Waals surface area contributed by atoms with Crippen molar-refractivity contribution in [2.75, 3.05) is 12.9 Å². The molecule has 0 unspecified atom stereocenters. The van der Waals surface area contributed by atoms with Gasteiger partial charge in [0.2, 0.25) is 0 Å². The molecule has 0 heterocycles. The minimum Gasteiger partial charge on any atom is -0.396 e. The molecule has 0 amide bonds. The van der Waals surface area contributed by atoms with Gasteiger partial charge in [0.15, 0.2) is 9.84 Å². The molecule has 3 nitrogen and oxygen atoms in total.